The molecule has 1 aromatic rings. The molecule has 0 aliphatic heterocycles. The lowest BCUT2D eigenvalue weighted by Crippen LogP contribution is -2.22. The number of ether oxygens (including phenoxy) is 2. The first kappa shape index (κ1) is 17.8. The molecular weight excluding hydrogens is 316 g/mol. The molecule has 3 rings (SSSR count). The smallest absolute Gasteiger partial charge is 0.244 e. The first-order valence-corrected chi connectivity index (χ1v) is 9.32. The Balaban J connectivity index is 1.60. The molecule has 2 aliphatic carbocycles. The van der Waals surface area contributed by atoms with Crippen LogP contribution in [0.1, 0.15) is 52.0 Å². The van der Waals surface area contributed by atoms with Gasteiger partial charge in [0, 0.05) is 5.92 Å². The van der Waals surface area contributed by atoms with E-state index in [0.29, 0.717) is 24.9 Å². The number of hydrogen-bond acceptors (Lipinski definition) is 4. The molecular formula is C20H28N2O3. The summed E-state index contributed by atoms with van der Waals surface area (Å²) in [7, 11) is 0. The van der Waals surface area contributed by atoms with E-state index in [-0.39, 0.29) is 17.2 Å². The molecule has 0 radical (unpaired) electrons. The SMILES string of the molecule is CCOc1ccc(/C=N\NC(=O)[C@@H]2[C@@H]3CCCC[C@@]23C)cc1OCC. The van der Waals surface area contributed by atoms with Gasteiger partial charge < -0.3 is 9.47 Å². The number of nitrogens with zero attached hydrogens (tertiary/aromatic N) is 1. The van der Waals surface area contributed by atoms with Gasteiger partial charge in [-0.3, -0.25) is 4.79 Å². The summed E-state index contributed by atoms with van der Waals surface area (Å²) in [6.07, 6.45) is 6.49. The van der Waals surface area contributed by atoms with Crippen LogP contribution in [0.15, 0.2) is 23.3 Å². The van der Waals surface area contributed by atoms with Crippen LogP contribution in [0.5, 0.6) is 11.5 Å². The Labute approximate surface area is 149 Å². The van der Waals surface area contributed by atoms with E-state index in [1.807, 2.05) is 32.0 Å². The molecule has 1 amide bonds. The minimum absolute atomic E-state index is 0.0571. The van der Waals surface area contributed by atoms with Crippen molar-refractivity contribution in [1.82, 2.24) is 5.43 Å². The molecule has 1 N–H and O–H groups in total. The number of amides is 1. The normalized spacial score (nSPS) is 27.6. The van der Waals surface area contributed by atoms with Crippen LogP contribution in [-0.2, 0) is 4.79 Å². The van der Waals surface area contributed by atoms with Crippen LogP contribution in [0.3, 0.4) is 0 Å². The van der Waals surface area contributed by atoms with Crippen LogP contribution >= 0.6 is 0 Å². The topological polar surface area (TPSA) is 59.9 Å². The summed E-state index contributed by atoms with van der Waals surface area (Å²) in [5, 5.41) is 4.15. The number of hydrogen-bond donors (Lipinski definition) is 1. The highest BCUT2D eigenvalue weighted by Crippen LogP contribution is 2.66. The number of hydrazone groups is 1. The van der Waals surface area contributed by atoms with E-state index in [1.54, 1.807) is 6.21 Å². The minimum Gasteiger partial charge on any atom is -0.490 e. The summed E-state index contributed by atoms with van der Waals surface area (Å²) in [4.78, 5) is 12.4. The Morgan fingerprint density at radius 1 is 1.28 bits per heavy atom. The van der Waals surface area contributed by atoms with Gasteiger partial charge in [0.1, 0.15) is 0 Å². The first-order chi connectivity index (χ1) is 12.1. The van der Waals surface area contributed by atoms with Crippen molar-refractivity contribution >= 4 is 12.1 Å². The Hall–Kier alpha value is -2.04. The van der Waals surface area contributed by atoms with Gasteiger partial charge in [-0.05, 0) is 61.8 Å². The Morgan fingerprint density at radius 3 is 2.72 bits per heavy atom. The predicted octanol–water partition coefficient (Wildman–Crippen LogP) is 3.76. The van der Waals surface area contributed by atoms with Crippen LogP contribution < -0.4 is 14.9 Å². The molecule has 3 atom stereocenters. The van der Waals surface area contributed by atoms with Gasteiger partial charge in [0.15, 0.2) is 11.5 Å². The van der Waals surface area contributed by atoms with Crippen molar-refractivity contribution in [1.29, 1.82) is 0 Å². The maximum absolute atomic E-state index is 12.4. The minimum atomic E-state index is 0.0571. The number of carbonyl (C=O) groups excluding carboxylic acids is 1. The molecule has 136 valence electrons. The van der Waals surface area contributed by atoms with E-state index in [2.05, 4.69) is 17.5 Å². The number of fused-ring (bicyclic) bond motifs is 1. The number of benzene rings is 1. The highest BCUT2D eigenvalue weighted by molar-refractivity contribution is 5.86. The summed E-state index contributed by atoms with van der Waals surface area (Å²) in [5.74, 6) is 2.15. The Morgan fingerprint density at radius 2 is 2.04 bits per heavy atom. The summed E-state index contributed by atoms with van der Waals surface area (Å²) < 4.78 is 11.2. The maximum Gasteiger partial charge on any atom is 0.244 e. The fourth-order valence-electron chi connectivity index (χ4n) is 4.24. The number of carbonyl (C=O) groups is 1. The lowest BCUT2D eigenvalue weighted by Gasteiger charge is -2.15. The molecule has 2 fully saturated rings. The van der Waals surface area contributed by atoms with Crippen molar-refractivity contribution in [3.63, 3.8) is 0 Å². The summed E-state index contributed by atoms with van der Waals surface area (Å²) in [6.45, 7) is 7.28. The first-order valence-electron chi connectivity index (χ1n) is 9.32. The maximum atomic E-state index is 12.4. The van der Waals surface area contributed by atoms with Gasteiger partial charge >= 0.3 is 0 Å². The van der Waals surface area contributed by atoms with E-state index in [0.717, 1.165) is 17.7 Å². The molecule has 0 heterocycles. The molecule has 0 aromatic heterocycles. The van der Waals surface area contributed by atoms with E-state index < -0.39 is 0 Å². The average Bonchev–Trinajstić information content (AvgIpc) is 3.23. The van der Waals surface area contributed by atoms with Crippen LogP contribution in [0, 0.1) is 17.3 Å². The van der Waals surface area contributed by atoms with Gasteiger partial charge in [0.2, 0.25) is 5.91 Å². The zero-order valence-corrected chi connectivity index (χ0v) is 15.4. The summed E-state index contributed by atoms with van der Waals surface area (Å²) in [6, 6.07) is 5.65. The molecule has 2 saturated carbocycles. The third kappa shape index (κ3) is 3.65. The van der Waals surface area contributed by atoms with E-state index >= 15 is 0 Å². The van der Waals surface area contributed by atoms with E-state index in [9.17, 15) is 4.79 Å². The fourth-order valence-corrected chi connectivity index (χ4v) is 4.24. The van der Waals surface area contributed by atoms with E-state index in [1.165, 1.54) is 19.3 Å². The van der Waals surface area contributed by atoms with Crippen molar-refractivity contribution in [3.05, 3.63) is 23.8 Å². The Bertz CT molecular complexity index is 658. The van der Waals surface area contributed by atoms with Gasteiger partial charge in [0.25, 0.3) is 0 Å². The van der Waals surface area contributed by atoms with E-state index in [4.69, 9.17) is 9.47 Å². The number of nitrogens with one attached hydrogen (secondary N) is 1. The molecule has 0 spiro atoms. The second-order valence-electron chi connectivity index (χ2n) is 7.14. The molecule has 25 heavy (non-hydrogen) atoms. The molecule has 5 heteroatoms. The molecule has 1 aromatic carbocycles. The predicted molar refractivity (Wildman–Crippen MR) is 98.1 cm³/mol. The van der Waals surface area contributed by atoms with Crippen LogP contribution in [-0.4, -0.2) is 25.3 Å². The van der Waals surface area contributed by atoms with Crippen LogP contribution in [0.25, 0.3) is 0 Å². The van der Waals surface area contributed by atoms with Gasteiger partial charge in [0.05, 0.1) is 19.4 Å². The zero-order chi connectivity index (χ0) is 17.9. The standard InChI is InChI=1S/C20H28N2O3/c1-4-24-16-10-9-14(12-17(16)25-5-2)13-21-22-19(23)18-15-8-6-7-11-20(15,18)3/h9-10,12-13,15,18H,4-8,11H2,1-3H3,(H,22,23)/b21-13-/t15-,18-,20+/m0/s1. The van der Waals surface area contributed by atoms with Crippen molar-refractivity contribution in [3.8, 4) is 11.5 Å². The van der Waals surface area contributed by atoms with Crippen molar-refractivity contribution in [2.45, 2.75) is 46.5 Å². The summed E-state index contributed by atoms with van der Waals surface area (Å²) >= 11 is 0. The zero-order valence-electron chi connectivity index (χ0n) is 15.4. The monoisotopic (exact) mass is 344 g/mol. The fraction of sp³-hybridized carbons (Fsp3) is 0.600. The number of rotatable bonds is 7. The van der Waals surface area contributed by atoms with Gasteiger partial charge in [-0.1, -0.05) is 19.8 Å². The largest absolute Gasteiger partial charge is 0.490 e. The highest BCUT2D eigenvalue weighted by Gasteiger charge is 2.64. The molecule has 0 unspecified atom stereocenters. The average molecular weight is 344 g/mol. The lowest BCUT2D eigenvalue weighted by atomic mass is 9.90. The van der Waals surface area contributed by atoms with Crippen molar-refractivity contribution in [2.24, 2.45) is 22.4 Å². The van der Waals surface area contributed by atoms with Gasteiger partial charge in [-0.2, -0.15) is 5.10 Å². The molecule has 5 nitrogen and oxygen atoms in total. The van der Waals surface area contributed by atoms with Crippen LogP contribution in [0.4, 0.5) is 0 Å². The molecule has 2 aliphatic rings. The third-order valence-electron chi connectivity index (χ3n) is 5.57. The van der Waals surface area contributed by atoms with Crippen molar-refractivity contribution in [2.75, 3.05) is 13.2 Å². The second-order valence-corrected chi connectivity index (χ2v) is 7.14. The van der Waals surface area contributed by atoms with Crippen LogP contribution in [0.2, 0.25) is 0 Å². The van der Waals surface area contributed by atoms with Crippen molar-refractivity contribution < 1.29 is 14.3 Å². The molecule has 0 saturated heterocycles. The highest BCUT2D eigenvalue weighted by atomic mass is 16.5. The molecule has 0 bridgehead atoms. The second kappa shape index (κ2) is 7.46. The third-order valence-corrected chi connectivity index (χ3v) is 5.57. The lowest BCUT2D eigenvalue weighted by molar-refractivity contribution is -0.123. The summed E-state index contributed by atoms with van der Waals surface area (Å²) in [5.41, 5.74) is 3.80. The van der Waals surface area contributed by atoms with Gasteiger partial charge in [-0.15, -0.1) is 0 Å². The van der Waals surface area contributed by atoms with Gasteiger partial charge in [-0.25, -0.2) is 5.43 Å². The Kier molecular flexibility index (Phi) is 5.30. The quantitative estimate of drug-likeness (QED) is 0.605.